The second-order valence-corrected chi connectivity index (χ2v) is 4.52. The number of carbonyl (C=O) groups excluding carboxylic acids is 1. The normalized spacial score (nSPS) is 14.7. The summed E-state index contributed by atoms with van der Waals surface area (Å²) in [6, 6.07) is 4.53. The van der Waals surface area contributed by atoms with Crippen molar-refractivity contribution in [1.82, 2.24) is 5.32 Å². The van der Waals surface area contributed by atoms with Crippen LogP contribution >= 0.6 is 0 Å². The standard InChI is InChI=1S/C13H14FN3O/c1-8-11(14)2-9(5-15)3-12(8)17-13(18)4-10-6-16-7-10/h2-3,10,16H,4,6-7H2,1H3,(H,17,18). The van der Waals surface area contributed by atoms with Crippen LogP contribution in [0, 0.1) is 30.0 Å². The average molecular weight is 247 g/mol. The fraction of sp³-hybridized carbons (Fsp3) is 0.385. The van der Waals surface area contributed by atoms with Gasteiger partial charge in [-0.2, -0.15) is 5.26 Å². The van der Waals surface area contributed by atoms with Crippen molar-refractivity contribution in [2.75, 3.05) is 18.4 Å². The average Bonchev–Trinajstić information content (AvgIpc) is 2.29. The van der Waals surface area contributed by atoms with Crippen molar-refractivity contribution in [2.24, 2.45) is 5.92 Å². The third-order valence-corrected chi connectivity index (χ3v) is 3.09. The highest BCUT2D eigenvalue weighted by Crippen LogP contribution is 2.21. The lowest BCUT2D eigenvalue weighted by atomic mass is 9.99. The van der Waals surface area contributed by atoms with E-state index >= 15 is 0 Å². The first-order valence-corrected chi connectivity index (χ1v) is 5.81. The zero-order chi connectivity index (χ0) is 13.1. The Morgan fingerprint density at radius 2 is 2.33 bits per heavy atom. The van der Waals surface area contributed by atoms with Crippen molar-refractivity contribution in [3.05, 3.63) is 29.1 Å². The van der Waals surface area contributed by atoms with E-state index in [1.807, 2.05) is 6.07 Å². The number of amides is 1. The second kappa shape index (κ2) is 5.15. The van der Waals surface area contributed by atoms with Crippen LogP contribution in [0.1, 0.15) is 17.5 Å². The Kier molecular flexibility index (Phi) is 3.58. The third-order valence-electron chi connectivity index (χ3n) is 3.09. The van der Waals surface area contributed by atoms with Gasteiger partial charge in [0.15, 0.2) is 0 Å². The smallest absolute Gasteiger partial charge is 0.224 e. The van der Waals surface area contributed by atoms with Crippen molar-refractivity contribution in [3.63, 3.8) is 0 Å². The lowest BCUT2D eigenvalue weighted by molar-refractivity contribution is -0.117. The Hall–Kier alpha value is -1.93. The molecule has 1 heterocycles. The van der Waals surface area contributed by atoms with Crippen LogP contribution in [0.5, 0.6) is 0 Å². The van der Waals surface area contributed by atoms with Gasteiger partial charge in [0, 0.05) is 17.7 Å². The summed E-state index contributed by atoms with van der Waals surface area (Å²) in [5, 5.41) is 14.5. The molecule has 18 heavy (non-hydrogen) atoms. The van der Waals surface area contributed by atoms with Crippen LogP contribution in [0.15, 0.2) is 12.1 Å². The number of carbonyl (C=O) groups is 1. The number of halogens is 1. The Morgan fingerprint density at radius 3 is 2.89 bits per heavy atom. The molecular weight excluding hydrogens is 233 g/mol. The van der Waals surface area contributed by atoms with E-state index in [1.54, 1.807) is 6.92 Å². The highest BCUT2D eigenvalue weighted by Gasteiger charge is 2.20. The minimum atomic E-state index is -0.477. The van der Waals surface area contributed by atoms with Crippen molar-refractivity contribution >= 4 is 11.6 Å². The Balaban J connectivity index is 2.10. The quantitative estimate of drug-likeness (QED) is 0.851. The Bertz CT molecular complexity index is 518. The summed E-state index contributed by atoms with van der Waals surface area (Å²) in [6.45, 7) is 3.27. The van der Waals surface area contributed by atoms with Gasteiger partial charge < -0.3 is 10.6 Å². The minimum Gasteiger partial charge on any atom is -0.326 e. The topological polar surface area (TPSA) is 64.9 Å². The molecule has 0 atom stereocenters. The summed E-state index contributed by atoms with van der Waals surface area (Å²) in [6.07, 6.45) is 0.421. The molecule has 1 aromatic rings. The molecule has 2 rings (SSSR count). The molecule has 2 N–H and O–H groups in total. The molecule has 0 aliphatic carbocycles. The highest BCUT2D eigenvalue weighted by atomic mass is 19.1. The van der Waals surface area contributed by atoms with Crippen molar-refractivity contribution < 1.29 is 9.18 Å². The molecule has 0 radical (unpaired) electrons. The molecule has 1 aromatic carbocycles. The van der Waals surface area contributed by atoms with E-state index in [2.05, 4.69) is 10.6 Å². The van der Waals surface area contributed by atoms with Crippen molar-refractivity contribution in [3.8, 4) is 6.07 Å². The van der Waals surface area contributed by atoms with Crippen LogP contribution in [0.3, 0.4) is 0 Å². The van der Waals surface area contributed by atoms with Crippen molar-refractivity contribution in [1.29, 1.82) is 5.26 Å². The van der Waals surface area contributed by atoms with Gasteiger partial charge in [0.1, 0.15) is 5.82 Å². The van der Waals surface area contributed by atoms with E-state index in [-0.39, 0.29) is 11.5 Å². The van der Waals surface area contributed by atoms with Crippen LogP contribution in [0.4, 0.5) is 10.1 Å². The number of nitrogens with one attached hydrogen (secondary N) is 2. The lowest BCUT2D eigenvalue weighted by Gasteiger charge is -2.26. The maximum absolute atomic E-state index is 13.5. The Morgan fingerprint density at radius 1 is 1.61 bits per heavy atom. The van der Waals surface area contributed by atoms with Gasteiger partial charge in [0.05, 0.1) is 11.6 Å². The van der Waals surface area contributed by atoms with Gasteiger partial charge in [-0.1, -0.05) is 0 Å². The fourth-order valence-electron chi connectivity index (χ4n) is 1.83. The van der Waals surface area contributed by atoms with Gasteiger partial charge in [0.25, 0.3) is 0 Å². The van der Waals surface area contributed by atoms with Crippen LogP contribution in [0.2, 0.25) is 0 Å². The summed E-state index contributed by atoms with van der Waals surface area (Å²) in [5.74, 6) is -0.261. The molecule has 1 saturated heterocycles. The number of anilines is 1. The van der Waals surface area contributed by atoms with Gasteiger partial charge >= 0.3 is 0 Å². The highest BCUT2D eigenvalue weighted by molar-refractivity contribution is 5.92. The van der Waals surface area contributed by atoms with E-state index in [0.29, 0.717) is 23.6 Å². The van der Waals surface area contributed by atoms with Gasteiger partial charge in [-0.15, -0.1) is 0 Å². The number of hydrogen-bond donors (Lipinski definition) is 2. The van der Waals surface area contributed by atoms with Gasteiger partial charge in [-0.05, 0) is 38.1 Å². The molecule has 94 valence electrons. The van der Waals surface area contributed by atoms with Gasteiger partial charge in [-0.25, -0.2) is 4.39 Å². The number of hydrogen-bond acceptors (Lipinski definition) is 3. The molecular formula is C13H14FN3O. The molecule has 5 heteroatoms. The number of rotatable bonds is 3. The monoisotopic (exact) mass is 247 g/mol. The molecule has 0 saturated carbocycles. The predicted molar refractivity (Wildman–Crippen MR) is 65.5 cm³/mol. The van der Waals surface area contributed by atoms with E-state index in [0.717, 1.165) is 13.1 Å². The molecule has 1 amide bonds. The largest absolute Gasteiger partial charge is 0.326 e. The molecule has 0 bridgehead atoms. The molecule has 0 aromatic heterocycles. The fourth-order valence-corrected chi connectivity index (χ4v) is 1.83. The van der Waals surface area contributed by atoms with Crippen molar-refractivity contribution in [2.45, 2.75) is 13.3 Å². The van der Waals surface area contributed by atoms with Gasteiger partial charge in [-0.3, -0.25) is 4.79 Å². The van der Waals surface area contributed by atoms with E-state index in [4.69, 9.17) is 5.26 Å². The molecule has 1 aliphatic heterocycles. The molecule has 1 fully saturated rings. The zero-order valence-corrected chi connectivity index (χ0v) is 10.1. The zero-order valence-electron chi connectivity index (χ0n) is 10.1. The lowest BCUT2D eigenvalue weighted by Crippen LogP contribution is -2.43. The molecule has 0 unspecified atom stereocenters. The first-order valence-electron chi connectivity index (χ1n) is 5.81. The predicted octanol–water partition coefficient (Wildman–Crippen LogP) is 1.55. The molecule has 4 nitrogen and oxygen atoms in total. The second-order valence-electron chi connectivity index (χ2n) is 4.52. The first kappa shape index (κ1) is 12.5. The summed E-state index contributed by atoms with van der Waals surface area (Å²) in [7, 11) is 0. The minimum absolute atomic E-state index is 0.140. The van der Waals surface area contributed by atoms with Crippen LogP contribution in [-0.4, -0.2) is 19.0 Å². The molecule has 0 spiro atoms. The SMILES string of the molecule is Cc1c(F)cc(C#N)cc1NC(=O)CC1CNC1. The maximum atomic E-state index is 13.5. The Labute approximate surface area is 105 Å². The summed E-state index contributed by atoms with van der Waals surface area (Å²) < 4.78 is 13.5. The number of nitriles is 1. The summed E-state index contributed by atoms with van der Waals surface area (Å²) in [5.41, 5.74) is 0.941. The van der Waals surface area contributed by atoms with E-state index in [1.165, 1.54) is 12.1 Å². The number of benzene rings is 1. The third kappa shape index (κ3) is 2.66. The first-order chi connectivity index (χ1) is 8.60. The van der Waals surface area contributed by atoms with Gasteiger partial charge in [0.2, 0.25) is 5.91 Å². The van der Waals surface area contributed by atoms with Crippen LogP contribution in [0.25, 0.3) is 0 Å². The van der Waals surface area contributed by atoms with Crippen LogP contribution < -0.4 is 10.6 Å². The molecule has 1 aliphatic rings. The van der Waals surface area contributed by atoms with E-state index in [9.17, 15) is 9.18 Å². The van der Waals surface area contributed by atoms with Crippen LogP contribution in [-0.2, 0) is 4.79 Å². The summed E-state index contributed by atoms with van der Waals surface area (Å²) >= 11 is 0. The maximum Gasteiger partial charge on any atom is 0.224 e. The van der Waals surface area contributed by atoms with E-state index < -0.39 is 5.82 Å². The summed E-state index contributed by atoms with van der Waals surface area (Å²) in [4.78, 5) is 11.7. The number of nitrogens with zero attached hydrogens (tertiary/aromatic N) is 1.